The highest BCUT2D eigenvalue weighted by molar-refractivity contribution is 7.89. The molecule has 2 fully saturated rings. The van der Waals surface area contributed by atoms with Gasteiger partial charge < -0.3 is 4.90 Å². The highest BCUT2D eigenvalue weighted by Crippen LogP contribution is 2.43. The fourth-order valence-electron chi connectivity index (χ4n) is 4.06. The second-order valence-electron chi connectivity index (χ2n) is 8.23. The molecule has 2 aliphatic heterocycles. The topological polar surface area (TPSA) is 66.4 Å². The number of rotatable bonds is 6. The normalized spacial score (nSPS) is 19.5. The van der Waals surface area contributed by atoms with Gasteiger partial charge in [-0.05, 0) is 30.5 Å². The van der Waals surface area contributed by atoms with Crippen molar-refractivity contribution >= 4 is 26.7 Å². The molecule has 0 bridgehead atoms. The largest absolute Gasteiger partial charge is 0.390 e. The lowest BCUT2D eigenvalue weighted by atomic mass is 9.73. The van der Waals surface area contributed by atoms with Crippen molar-refractivity contribution in [1.29, 1.82) is 0 Å². The summed E-state index contributed by atoms with van der Waals surface area (Å²) >= 11 is 1.29. The Kier molecular flexibility index (Phi) is 5.99. The summed E-state index contributed by atoms with van der Waals surface area (Å²) in [6, 6.07) is 6.20. The molecule has 1 aromatic heterocycles. The molecule has 2 aromatic rings. The number of sulfonamides is 1. The van der Waals surface area contributed by atoms with E-state index >= 15 is 0 Å². The highest BCUT2D eigenvalue weighted by Gasteiger charge is 2.47. The molecule has 2 saturated heterocycles. The summed E-state index contributed by atoms with van der Waals surface area (Å²) in [7, 11) is -3.89. The number of aromatic nitrogens is 2. The Labute approximate surface area is 182 Å². The van der Waals surface area contributed by atoms with Gasteiger partial charge in [0.15, 0.2) is 0 Å². The van der Waals surface area contributed by atoms with Crippen LogP contribution in [0.1, 0.15) is 30.7 Å². The van der Waals surface area contributed by atoms with E-state index in [2.05, 4.69) is 14.3 Å². The lowest BCUT2D eigenvalue weighted by molar-refractivity contribution is -0.130. The first kappa shape index (κ1) is 22.4. The van der Waals surface area contributed by atoms with Crippen LogP contribution in [-0.2, 0) is 16.4 Å². The van der Waals surface area contributed by atoms with Gasteiger partial charge in [-0.25, -0.2) is 22.1 Å². The maximum absolute atomic E-state index is 13.0. The zero-order valence-electron chi connectivity index (χ0n) is 16.6. The molecule has 6 nitrogen and oxygen atoms in total. The molecule has 0 radical (unpaired) electrons. The average Bonchev–Trinajstić information content (AvgIpc) is 3.14. The number of alkyl halides is 3. The Bertz CT molecular complexity index is 1010. The minimum Gasteiger partial charge on any atom is -0.346 e. The summed E-state index contributed by atoms with van der Waals surface area (Å²) in [5.41, 5.74) is 0.892. The third kappa shape index (κ3) is 5.35. The first-order chi connectivity index (χ1) is 14.5. The van der Waals surface area contributed by atoms with Gasteiger partial charge in [-0.1, -0.05) is 12.1 Å². The number of halogens is 4. The van der Waals surface area contributed by atoms with Crippen LogP contribution in [-0.4, -0.2) is 60.2 Å². The van der Waals surface area contributed by atoms with E-state index in [0.29, 0.717) is 25.1 Å². The van der Waals surface area contributed by atoms with Crippen LogP contribution in [0, 0.1) is 11.2 Å². The third-order valence-corrected chi connectivity index (χ3v) is 8.56. The average molecular weight is 479 g/mol. The smallest absolute Gasteiger partial charge is 0.346 e. The molecular weight excluding hydrogens is 456 g/mol. The summed E-state index contributed by atoms with van der Waals surface area (Å²) in [5, 5.41) is 0.794. The Morgan fingerprint density at radius 1 is 1.10 bits per heavy atom. The van der Waals surface area contributed by atoms with Crippen LogP contribution in [0.2, 0.25) is 0 Å². The van der Waals surface area contributed by atoms with E-state index in [1.54, 1.807) is 12.1 Å². The summed E-state index contributed by atoms with van der Waals surface area (Å²) in [5.74, 6) is -0.518. The van der Waals surface area contributed by atoms with Gasteiger partial charge in [0.2, 0.25) is 15.2 Å². The first-order valence-electron chi connectivity index (χ1n) is 9.90. The van der Waals surface area contributed by atoms with E-state index in [9.17, 15) is 26.0 Å². The van der Waals surface area contributed by atoms with E-state index in [1.807, 2.05) is 0 Å². The maximum Gasteiger partial charge on any atom is 0.390 e. The van der Waals surface area contributed by atoms with Gasteiger partial charge in [0.05, 0.1) is 12.2 Å². The molecule has 170 valence electrons. The minimum absolute atomic E-state index is 0.0289. The van der Waals surface area contributed by atoms with Crippen molar-refractivity contribution in [1.82, 2.24) is 13.7 Å². The standard InChI is InChI=1S/C19H22F4N4O2S2/c20-15-3-1-14(2-4-15)11-16-24-17(30-25-16)26-12-18(13-26)5-8-27(9-6-18)31(28,29)10-7-19(21,22)23/h1-4H,5-13H2. The number of anilines is 1. The molecule has 1 aromatic carbocycles. The first-order valence-corrected chi connectivity index (χ1v) is 12.3. The van der Waals surface area contributed by atoms with E-state index in [-0.39, 0.29) is 24.3 Å². The van der Waals surface area contributed by atoms with Gasteiger partial charge >= 0.3 is 6.18 Å². The molecule has 1 spiro atoms. The Morgan fingerprint density at radius 2 is 1.74 bits per heavy atom. The maximum atomic E-state index is 13.0. The molecule has 0 unspecified atom stereocenters. The molecule has 2 aliphatic rings. The van der Waals surface area contributed by atoms with Crippen molar-refractivity contribution in [2.24, 2.45) is 5.41 Å². The molecule has 0 saturated carbocycles. The van der Waals surface area contributed by atoms with Crippen molar-refractivity contribution in [3.8, 4) is 0 Å². The second-order valence-corrected chi connectivity index (χ2v) is 11.1. The Morgan fingerprint density at radius 3 is 2.35 bits per heavy atom. The predicted octanol–water partition coefficient (Wildman–Crippen LogP) is 3.45. The molecule has 12 heteroatoms. The summed E-state index contributed by atoms with van der Waals surface area (Å²) in [6.45, 7) is 1.96. The van der Waals surface area contributed by atoms with Crippen molar-refractivity contribution in [2.45, 2.75) is 31.9 Å². The summed E-state index contributed by atoms with van der Waals surface area (Å²) in [6.07, 6.45) is -4.04. The van der Waals surface area contributed by atoms with E-state index < -0.39 is 28.4 Å². The van der Waals surface area contributed by atoms with Gasteiger partial charge in [-0.2, -0.15) is 17.5 Å². The molecule has 0 atom stereocenters. The van der Waals surface area contributed by atoms with Crippen molar-refractivity contribution in [3.05, 3.63) is 41.5 Å². The molecule has 3 heterocycles. The Balaban J connectivity index is 1.28. The quantitative estimate of drug-likeness (QED) is 0.595. The number of nitrogens with zero attached hydrogens (tertiary/aromatic N) is 4. The fourth-order valence-corrected chi connectivity index (χ4v) is 6.23. The van der Waals surface area contributed by atoms with Crippen molar-refractivity contribution in [2.75, 3.05) is 36.8 Å². The van der Waals surface area contributed by atoms with Crippen LogP contribution >= 0.6 is 11.5 Å². The monoisotopic (exact) mass is 478 g/mol. The number of hydrogen-bond donors (Lipinski definition) is 0. The summed E-state index contributed by atoms with van der Waals surface area (Å²) in [4.78, 5) is 6.65. The molecule has 4 rings (SSSR count). The molecule has 0 aliphatic carbocycles. The minimum atomic E-state index is -4.48. The van der Waals surface area contributed by atoms with Gasteiger partial charge in [0.1, 0.15) is 11.6 Å². The molecule has 31 heavy (non-hydrogen) atoms. The molecular formula is C19H22F4N4O2S2. The molecule has 0 amide bonds. The van der Waals surface area contributed by atoms with Crippen LogP contribution in [0.5, 0.6) is 0 Å². The predicted molar refractivity (Wildman–Crippen MR) is 109 cm³/mol. The summed E-state index contributed by atoms with van der Waals surface area (Å²) < 4.78 is 80.1. The zero-order valence-corrected chi connectivity index (χ0v) is 18.2. The van der Waals surface area contributed by atoms with Crippen LogP contribution in [0.25, 0.3) is 0 Å². The fraction of sp³-hybridized carbons (Fsp3) is 0.579. The SMILES string of the molecule is O=S(=O)(CCC(F)(F)F)N1CCC2(CC1)CN(c1nc(Cc3ccc(F)cc3)ns1)C2. The lowest BCUT2D eigenvalue weighted by Crippen LogP contribution is -2.61. The number of piperidine rings is 1. The van der Waals surface area contributed by atoms with Gasteiger partial charge in [0.25, 0.3) is 0 Å². The van der Waals surface area contributed by atoms with Crippen LogP contribution < -0.4 is 4.90 Å². The second kappa shape index (κ2) is 8.28. The highest BCUT2D eigenvalue weighted by atomic mass is 32.2. The van der Waals surface area contributed by atoms with Crippen molar-refractivity contribution in [3.63, 3.8) is 0 Å². The van der Waals surface area contributed by atoms with Gasteiger partial charge in [-0.15, -0.1) is 0 Å². The van der Waals surface area contributed by atoms with E-state index in [0.717, 1.165) is 23.8 Å². The van der Waals surface area contributed by atoms with Crippen LogP contribution in [0.3, 0.4) is 0 Å². The van der Waals surface area contributed by atoms with Crippen LogP contribution in [0.15, 0.2) is 24.3 Å². The van der Waals surface area contributed by atoms with E-state index in [4.69, 9.17) is 0 Å². The van der Waals surface area contributed by atoms with Gasteiger partial charge in [0, 0.05) is 49.5 Å². The van der Waals surface area contributed by atoms with E-state index in [1.165, 1.54) is 28.0 Å². The lowest BCUT2D eigenvalue weighted by Gasteiger charge is -2.53. The third-order valence-electron chi connectivity index (χ3n) is 5.88. The van der Waals surface area contributed by atoms with Gasteiger partial charge in [-0.3, -0.25) is 0 Å². The number of hydrogen-bond acceptors (Lipinski definition) is 6. The zero-order chi connectivity index (χ0) is 22.3. The van der Waals surface area contributed by atoms with Crippen molar-refractivity contribution < 1.29 is 26.0 Å². The van der Waals surface area contributed by atoms with Crippen LogP contribution in [0.4, 0.5) is 22.7 Å². The Hall–Kier alpha value is -1.79. The number of benzene rings is 1. The molecule has 0 N–H and O–H groups in total.